The van der Waals surface area contributed by atoms with Crippen molar-refractivity contribution in [1.29, 1.82) is 5.41 Å². The number of aryl methyl sites for hydroxylation is 1. The Bertz CT molecular complexity index is 1280. The molecule has 1 heterocycles. The number of rotatable bonds is 9. The number of nitrogens with one attached hydrogen (secondary N) is 1. The van der Waals surface area contributed by atoms with Gasteiger partial charge in [-0.15, -0.1) is 0 Å². The zero-order chi connectivity index (χ0) is 25.5. The predicted molar refractivity (Wildman–Crippen MR) is 139 cm³/mol. The fourth-order valence-corrected chi connectivity index (χ4v) is 3.74. The van der Waals surface area contributed by atoms with Crippen LogP contribution in [0, 0.1) is 5.41 Å². The summed E-state index contributed by atoms with van der Waals surface area (Å²) >= 11 is 6.03. The number of hydrogen-bond donors (Lipinski definition) is 2. The second kappa shape index (κ2) is 11.9. The Morgan fingerprint density at radius 2 is 1.89 bits per heavy atom. The van der Waals surface area contributed by atoms with Crippen LogP contribution >= 0.6 is 11.6 Å². The number of ether oxygens (including phenoxy) is 1. The smallest absolute Gasteiger partial charge is 0.331 e. The number of aliphatic hydroxyl groups excluding tert-OH is 1. The van der Waals surface area contributed by atoms with Gasteiger partial charge in [0.2, 0.25) is 0 Å². The summed E-state index contributed by atoms with van der Waals surface area (Å²) in [7, 11) is 0. The van der Waals surface area contributed by atoms with E-state index in [2.05, 4.69) is 13.8 Å². The molecule has 0 unspecified atom stereocenters. The lowest BCUT2D eigenvalue weighted by Gasteiger charge is -2.25. The van der Waals surface area contributed by atoms with E-state index in [1.807, 2.05) is 30.3 Å². The monoisotopic (exact) mass is 498 g/mol. The largest absolute Gasteiger partial charge is 0.426 e. The van der Waals surface area contributed by atoms with E-state index in [0.29, 0.717) is 17.3 Å². The Balaban J connectivity index is 2.08. The standard InChI is InChI=1S/C26H31ClN4O4/c1-4-29-17-23(24(33)30(26(29)34)13-6-14-32)31(16-19-9-11-21(27)12-10-19)25(28)35-22-8-5-7-20(15-22)18(2)3/h5,7-12,15,17-18,28,32H,4,6,13-14,16H2,1-3H3. The van der Waals surface area contributed by atoms with Gasteiger partial charge in [-0.1, -0.05) is 49.7 Å². The predicted octanol–water partition coefficient (Wildman–Crippen LogP) is 4.21. The van der Waals surface area contributed by atoms with Crippen molar-refractivity contribution < 1.29 is 9.84 Å². The van der Waals surface area contributed by atoms with Gasteiger partial charge in [-0.2, -0.15) is 0 Å². The lowest BCUT2D eigenvalue weighted by Crippen LogP contribution is -2.45. The van der Waals surface area contributed by atoms with Crippen molar-refractivity contribution in [2.24, 2.45) is 0 Å². The Labute approximate surface area is 209 Å². The number of hydrogen-bond acceptors (Lipinski definition) is 5. The molecule has 2 aromatic carbocycles. The maximum absolute atomic E-state index is 13.4. The van der Waals surface area contributed by atoms with Gasteiger partial charge in [0.25, 0.3) is 11.6 Å². The Hall–Kier alpha value is -3.36. The van der Waals surface area contributed by atoms with E-state index in [9.17, 15) is 14.7 Å². The summed E-state index contributed by atoms with van der Waals surface area (Å²) in [4.78, 5) is 27.6. The average molecular weight is 499 g/mol. The molecule has 0 aliphatic heterocycles. The maximum Gasteiger partial charge on any atom is 0.331 e. The van der Waals surface area contributed by atoms with Gasteiger partial charge >= 0.3 is 5.69 Å². The molecule has 0 radical (unpaired) electrons. The van der Waals surface area contributed by atoms with Gasteiger partial charge < -0.3 is 9.84 Å². The molecule has 0 atom stereocenters. The van der Waals surface area contributed by atoms with Crippen molar-refractivity contribution >= 4 is 23.3 Å². The minimum absolute atomic E-state index is 0.0708. The van der Waals surface area contributed by atoms with E-state index in [1.165, 1.54) is 15.7 Å². The number of amidine groups is 1. The molecule has 1 aromatic heterocycles. The molecule has 3 rings (SSSR count). The average Bonchev–Trinajstić information content (AvgIpc) is 2.84. The fourth-order valence-electron chi connectivity index (χ4n) is 3.62. The Kier molecular flexibility index (Phi) is 8.89. The molecule has 0 aliphatic rings. The van der Waals surface area contributed by atoms with Crippen LogP contribution in [0.15, 0.2) is 64.3 Å². The van der Waals surface area contributed by atoms with Gasteiger partial charge in [-0.3, -0.25) is 24.2 Å². The molecule has 8 nitrogen and oxygen atoms in total. The number of aromatic nitrogens is 2. The van der Waals surface area contributed by atoms with Crippen LogP contribution in [0.4, 0.5) is 5.69 Å². The van der Waals surface area contributed by atoms with Crippen molar-refractivity contribution in [3.63, 3.8) is 0 Å². The zero-order valence-corrected chi connectivity index (χ0v) is 21.0. The van der Waals surface area contributed by atoms with Gasteiger partial charge in [0.05, 0.1) is 6.54 Å². The number of benzene rings is 2. The Morgan fingerprint density at radius 3 is 2.51 bits per heavy atom. The molecule has 0 spiro atoms. The third kappa shape index (κ3) is 6.41. The quantitative estimate of drug-likeness (QED) is 0.340. The first-order chi connectivity index (χ1) is 16.7. The minimum Gasteiger partial charge on any atom is -0.426 e. The van der Waals surface area contributed by atoms with Gasteiger partial charge in [-0.25, -0.2) is 4.79 Å². The minimum atomic E-state index is -0.550. The fraction of sp³-hybridized carbons (Fsp3) is 0.346. The van der Waals surface area contributed by atoms with Crippen molar-refractivity contribution in [2.45, 2.75) is 52.7 Å². The molecular formula is C26H31ClN4O4. The van der Waals surface area contributed by atoms with Crippen molar-refractivity contribution in [1.82, 2.24) is 9.13 Å². The van der Waals surface area contributed by atoms with Crippen molar-refractivity contribution in [3.8, 4) is 5.75 Å². The van der Waals surface area contributed by atoms with E-state index in [1.54, 1.807) is 25.1 Å². The normalized spacial score (nSPS) is 11.0. The number of nitrogens with zero attached hydrogens (tertiary/aromatic N) is 3. The van der Waals surface area contributed by atoms with Crippen LogP contribution in [-0.2, 0) is 19.6 Å². The molecule has 0 bridgehead atoms. The van der Waals surface area contributed by atoms with Crippen molar-refractivity contribution in [2.75, 3.05) is 11.5 Å². The van der Waals surface area contributed by atoms with Crippen LogP contribution in [0.1, 0.15) is 44.2 Å². The summed E-state index contributed by atoms with van der Waals surface area (Å²) in [5.74, 6) is 0.761. The maximum atomic E-state index is 13.4. The SMILES string of the molecule is CCn1cc(N(Cc2ccc(Cl)cc2)C(=N)Oc2cccc(C(C)C)c2)c(=O)n(CCCO)c1=O. The van der Waals surface area contributed by atoms with Crippen molar-refractivity contribution in [3.05, 3.63) is 91.7 Å². The van der Waals surface area contributed by atoms with Crippen LogP contribution in [0.3, 0.4) is 0 Å². The number of aliphatic hydroxyl groups is 1. The first-order valence-corrected chi connectivity index (χ1v) is 12.0. The first kappa shape index (κ1) is 26.2. The van der Waals surface area contributed by atoms with E-state index >= 15 is 0 Å². The summed E-state index contributed by atoms with van der Waals surface area (Å²) in [6.07, 6.45) is 1.72. The van der Waals surface area contributed by atoms with Gasteiger partial charge in [-0.05, 0) is 54.7 Å². The lowest BCUT2D eigenvalue weighted by molar-refractivity contribution is 0.277. The number of anilines is 1. The molecular weight excluding hydrogens is 468 g/mol. The van der Waals surface area contributed by atoms with Crippen LogP contribution < -0.4 is 20.9 Å². The highest BCUT2D eigenvalue weighted by molar-refractivity contribution is 6.30. The molecule has 186 valence electrons. The molecule has 0 fully saturated rings. The van der Waals surface area contributed by atoms with Gasteiger partial charge in [0.1, 0.15) is 11.4 Å². The summed E-state index contributed by atoms with van der Waals surface area (Å²) in [5.41, 5.74) is 0.980. The number of halogens is 1. The van der Waals surface area contributed by atoms with E-state index in [0.717, 1.165) is 15.7 Å². The third-order valence-corrected chi connectivity index (χ3v) is 5.88. The van der Waals surface area contributed by atoms with Gasteiger partial charge in [0, 0.05) is 30.9 Å². The lowest BCUT2D eigenvalue weighted by atomic mass is 10.0. The topological polar surface area (TPSA) is 101 Å². The molecule has 9 heteroatoms. The summed E-state index contributed by atoms with van der Waals surface area (Å²) in [6, 6.07) is 14.3. The molecule has 2 N–H and O–H groups in total. The highest BCUT2D eigenvalue weighted by atomic mass is 35.5. The van der Waals surface area contributed by atoms with E-state index in [-0.39, 0.29) is 43.7 Å². The molecule has 35 heavy (non-hydrogen) atoms. The van der Waals surface area contributed by atoms with Gasteiger partial charge in [0.15, 0.2) is 0 Å². The second-order valence-electron chi connectivity index (χ2n) is 8.46. The summed E-state index contributed by atoms with van der Waals surface area (Å²) < 4.78 is 8.41. The highest BCUT2D eigenvalue weighted by Crippen LogP contribution is 2.22. The summed E-state index contributed by atoms with van der Waals surface area (Å²) in [5, 5.41) is 18.6. The molecule has 0 amide bonds. The summed E-state index contributed by atoms with van der Waals surface area (Å²) in [6.45, 7) is 6.35. The zero-order valence-electron chi connectivity index (χ0n) is 20.2. The molecule has 3 aromatic rings. The first-order valence-electron chi connectivity index (χ1n) is 11.6. The van der Waals surface area contributed by atoms with E-state index < -0.39 is 11.2 Å². The van der Waals surface area contributed by atoms with Crippen LogP contribution in [-0.4, -0.2) is 26.9 Å². The molecule has 0 aliphatic carbocycles. The third-order valence-electron chi connectivity index (χ3n) is 5.63. The highest BCUT2D eigenvalue weighted by Gasteiger charge is 2.22. The van der Waals surface area contributed by atoms with E-state index in [4.69, 9.17) is 21.7 Å². The second-order valence-corrected chi connectivity index (χ2v) is 8.90. The van der Waals surface area contributed by atoms with Crippen LogP contribution in [0.5, 0.6) is 5.75 Å². The van der Waals surface area contributed by atoms with Crippen LogP contribution in [0.25, 0.3) is 0 Å². The Morgan fingerprint density at radius 1 is 1.17 bits per heavy atom. The molecule has 0 saturated carbocycles. The van der Waals surface area contributed by atoms with Crippen LogP contribution in [0.2, 0.25) is 5.02 Å². The molecule has 0 saturated heterocycles.